The van der Waals surface area contributed by atoms with E-state index in [4.69, 9.17) is 5.11 Å². The zero-order valence-electron chi connectivity index (χ0n) is 13.2. The fraction of sp³-hybridized carbons (Fsp3) is 0.167. The molecule has 0 aliphatic carbocycles. The zero-order chi connectivity index (χ0) is 17.1. The van der Waals surface area contributed by atoms with Gasteiger partial charge in [-0.15, -0.1) is 0 Å². The highest BCUT2D eigenvalue weighted by Gasteiger charge is 2.08. The Bertz CT molecular complexity index is 898. The summed E-state index contributed by atoms with van der Waals surface area (Å²) in [6, 6.07) is 11.7. The number of carboxylic acids is 1. The monoisotopic (exact) mass is 323 g/mol. The molecule has 122 valence electrons. The molecule has 0 spiro atoms. The van der Waals surface area contributed by atoms with Crippen molar-refractivity contribution in [3.63, 3.8) is 0 Å². The van der Waals surface area contributed by atoms with E-state index >= 15 is 0 Å². The SMILES string of the molecule is Cc1ccc(-c2cn3cc(NC(=O)CCC(=O)O)ccc3n2)cc1. The molecule has 3 rings (SSSR count). The van der Waals surface area contributed by atoms with E-state index in [0.717, 1.165) is 16.9 Å². The van der Waals surface area contributed by atoms with E-state index in [1.165, 1.54) is 5.56 Å². The summed E-state index contributed by atoms with van der Waals surface area (Å²) < 4.78 is 1.84. The van der Waals surface area contributed by atoms with Gasteiger partial charge in [-0.3, -0.25) is 9.59 Å². The number of nitrogens with zero attached hydrogens (tertiary/aromatic N) is 2. The lowest BCUT2D eigenvalue weighted by molar-refractivity contribution is -0.138. The van der Waals surface area contributed by atoms with Crippen LogP contribution in [0.15, 0.2) is 48.8 Å². The maximum Gasteiger partial charge on any atom is 0.303 e. The van der Waals surface area contributed by atoms with E-state index in [1.807, 2.05) is 47.9 Å². The van der Waals surface area contributed by atoms with E-state index in [9.17, 15) is 9.59 Å². The number of amides is 1. The van der Waals surface area contributed by atoms with Gasteiger partial charge in [-0.1, -0.05) is 29.8 Å². The van der Waals surface area contributed by atoms with Crippen LogP contribution in [0, 0.1) is 6.92 Å². The molecule has 6 nitrogen and oxygen atoms in total. The number of aliphatic carboxylic acids is 1. The number of fused-ring (bicyclic) bond motifs is 1. The smallest absolute Gasteiger partial charge is 0.303 e. The Morgan fingerprint density at radius 2 is 1.83 bits per heavy atom. The molecule has 2 heterocycles. The Balaban J connectivity index is 1.80. The Hall–Kier alpha value is -3.15. The Morgan fingerprint density at radius 1 is 1.08 bits per heavy atom. The van der Waals surface area contributed by atoms with Crippen LogP contribution in [0.4, 0.5) is 5.69 Å². The average Bonchev–Trinajstić information content (AvgIpc) is 2.97. The summed E-state index contributed by atoms with van der Waals surface area (Å²) in [6.07, 6.45) is 3.42. The second-order valence-corrected chi connectivity index (χ2v) is 5.62. The number of carbonyl (C=O) groups excluding carboxylic acids is 1. The molecule has 0 atom stereocenters. The zero-order valence-corrected chi connectivity index (χ0v) is 13.2. The molecule has 2 aromatic heterocycles. The third-order valence-electron chi connectivity index (χ3n) is 3.65. The maximum atomic E-state index is 11.7. The number of benzene rings is 1. The minimum atomic E-state index is -0.988. The third kappa shape index (κ3) is 3.60. The van der Waals surface area contributed by atoms with Gasteiger partial charge in [0.1, 0.15) is 5.65 Å². The largest absolute Gasteiger partial charge is 0.481 e. The highest BCUT2D eigenvalue weighted by atomic mass is 16.4. The van der Waals surface area contributed by atoms with Crippen molar-refractivity contribution in [2.45, 2.75) is 19.8 Å². The Morgan fingerprint density at radius 3 is 2.54 bits per heavy atom. The number of hydrogen-bond acceptors (Lipinski definition) is 3. The maximum absolute atomic E-state index is 11.7. The fourth-order valence-electron chi connectivity index (χ4n) is 2.37. The number of rotatable bonds is 5. The predicted octanol–water partition coefficient (Wildman–Crippen LogP) is 3.11. The Labute approximate surface area is 138 Å². The first kappa shape index (κ1) is 15.7. The number of hydrogen-bond donors (Lipinski definition) is 2. The number of aryl methyl sites for hydroxylation is 1. The molecule has 0 radical (unpaired) electrons. The van der Waals surface area contributed by atoms with Crippen LogP contribution in [-0.2, 0) is 9.59 Å². The molecule has 0 saturated heterocycles. The standard InChI is InChI=1S/C18H17N3O3/c1-12-2-4-13(5-3-12)15-11-21-10-14(6-7-16(21)20-15)19-17(22)8-9-18(23)24/h2-7,10-11H,8-9H2,1H3,(H,19,22)(H,23,24). The predicted molar refractivity (Wildman–Crippen MR) is 90.9 cm³/mol. The van der Waals surface area contributed by atoms with E-state index in [0.29, 0.717) is 5.69 Å². The molecule has 24 heavy (non-hydrogen) atoms. The van der Waals surface area contributed by atoms with Crippen molar-refractivity contribution in [1.29, 1.82) is 0 Å². The third-order valence-corrected chi connectivity index (χ3v) is 3.65. The van der Waals surface area contributed by atoms with Gasteiger partial charge in [-0.25, -0.2) is 4.98 Å². The molecule has 0 aliphatic rings. The summed E-state index contributed by atoms with van der Waals surface area (Å²) in [5, 5.41) is 11.3. The normalized spacial score (nSPS) is 10.7. The molecule has 3 aromatic rings. The summed E-state index contributed by atoms with van der Waals surface area (Å²) in [7, 11) is 0. The van der Waals surface area contributed by atoms with E-state index in [2.05, 4.69) is 10.3 Å². The van der Waals surface area contributed by atoms with Crippen LogP contribution in [0.25, 0.3) is 16.9 Å². The quantitative estimate of drug-likeness (QED) is 0.755. The van der Waals surface area contributed by atoms with Gasteiger partial charge < -0.3 is 14.8 Å². The lowest BCUT2D eigenvalue weighted by Gasteiger charge is -2.04. The molecule has 0 saturated carbocycles. The molecular formula is C18H17N3O3. The van der Waals surface area contributed by atoms with Crippen LogP contribution in [0.2, 0.25) is 0 Å². The van der Waals surface area contributed by atoms with Crippen molar-refractivity contribution in [1.82, 2.24) is 9.38 Å². The van der Waals surface area contributed by atoms with Crippen molar-refractivity contribution in [2.75, 3.05) is 5.32 Å². The number of carbonyl (C=O) groups is 2. The minimum Gasteiger partial charge on any atom is -0.481 e. The fourth-order valence-corrected chi connectivity index (χ4v) is 2.37. The molecule has 1 aromatic carbocycles. The molecule has 1 amide bonds. The van der Waals surface area contributed by atoms with Crippen LogP contribution < -0.4 is 5.32 Å². The van der Waals surface area contributed by atoms with Gasteiger partial charge in [-0.05, 0) is 19.1 Å². The topological polar surface area (TPSA) is 83.7 Å². The molecule has 2 N–H and O–H groups in total. The van der Waals surface area contributed by atoms with Crippen molar-refractivity contribution < 1.29 is 14.7 Å². The number of pyridine rings is 1. The van der Waals surface area contributed by atoms with Crippen molar-refractivity contribution in [3.8, 4) is 11.3 Å². The van der Waals surface area contributed by atoms with Crippen LogP contribution in [0.5, 0.6) is 0 Å². The highest BCUT2D eigenvalue weighted by molar-refractivity contribution is 5.92. The minimum absolute atomic E-state index is 0.0497. The van der Waals surface area contributed by atoms with Crippen LogP contribution >= 0.6 is 0 Å². The van der Waals surface area contributed by atoms with Crippen molar-refractivity contribution in [3.05, 3.63) is 54.4 Å². The van der Waals surface area contributed by atoms with Gasteiger partial charge in [0.15, 0.2) is 0 Å². The van der Waals surface area contributed by atoms with Gasteiger partial charge >= 0.3 is 5.97 Å². The molecule has 0 aliphatic heterocycles. The van der Waals surface area contributed by atoms with E-state index < -0.39 is 5.97 Å². The highest BCUT2D eigenvalue weighted by Crippen LogP contribution is 2.21. The van der Waals surface area contributed by atoms with Crippen molar-refractivity contribution >= 4 is 23.2 Å². The number of aromatic nitrogens is 2. The van der Waals surface area contributed by atoms with Gasteiger partial charge in [0.05, 0.1) is 17.8 Å². The lowest BCUT2D eigenvalue weighted by atomic mass is 10.1. The van der Waals surface area contributed by atoms with Gasteiger partial charge in [0.2, 0.25) is 5.91 Å². The molecule has 0 fully saturated rings. The average molecular weight is 323 g/mol. The molecule has 0 unspecified atom stereocenters. The first-order valence-corrected chi connectivity index (χ1v) is 7.59. The van der Waals surface area contributed by atoms with Gasteiger partial charge in [-0.2, -0.15) is 0 Å². The summed E-state index contributed by atoms with van der Waals surface area (Å²) in [4.78, 5) is 26.8. The number of nitrogens with one attached hydrogen (secondary N) is 1. The summed E-state index contributed by atoms with van der Waals surface area (Å²) >= 11 is 0. The van der Waals surface area contributed by atoms with Crippen LogP contribution in [0.1, 0.15) is 18.4 Å². The molecular weight excluding hydrogens is 306 g/mol. The number of imidazole rings is 1. The van der Waals surface area contributed by atoms with Crippen LogP contribution in [0.3, 0.4) is 0 Å². The number of anilines is 1. The van der Waals surface area contributed by atoms with Crippen molar-refractivity contribution in [2.24, 2.45) is 0 Å². The second-order valence-electron chi connectivity index (χ2n) is 5.62. The van der Waals surface area contributed by atoms with Crippen LogP contribution in [-0.4, -0.2) is 26.4 Å². The lowest BCUT2D eigenvalue weighted by Crippen LogP contribution is -2.13. The first-order valence-electron chi connectivity index (χ1n) is 7.59. The Kier molecular flexibility index (Phi) is 4.29. The second kappa shape index (κ2) is 6.54. The summed E-state index contributed by atoms with van der Waals surface area (Å²) in [5.74, 6) is -1.31. The molecule has 0 bridgehead atoms. The van der Waals surface area contributed by atoms with Gasteiger partial charge in [0, 0.05) is 24.4 Å². The summed E-state index contributed by atoms with van der Waals surface area (Å²) in [6.45, 7) is 2.03. The van der Waals surface area contributed by atoms with Gasteiger partial charge in [0.25, 0.3) is 0 Å². The summed E-state index contributed by atoms with van der Waals surface area (Å²) in [5.41, 5.74) is 4.44. The molecule has 6 heteroatoms. The van der Waals surface area contributed by atoms with E-state index in [-0.39, 0.29) is 18.7 Å². The van der Waals surface area contributed by atoms with E-state index in [1.54, 1.807) is 12.3 Å². The first-order chi connectivity index (χ1) is 11.5. The number of carboxylic acid groups (broad SMARTS) is 1.